The summed E-state index contributed by atoms with van der Waals surface area (Å²) in [7, 11) is 0. The lowest BCUT2D eigenvalue weighted by molar-refractivity contribution is -0.120. The minimum Gasteiger partial charge on any atom is -0.456 e. The Balaban J connectivity index is 1.68. The normalized spacial score (nSPS) is 16.2. The van der Waals surface area contributed by atoms with Crippen molar-refractivity contribution in [1.29, 1.82) is 0 Å². The van der Waals surface area contributed by atoms with Crippen molar-refractivity contribution in [2.45, 2.75) is 32.3 Å². The maximum Gasteiger partial charge on any atom is 0.358 e. The molecule has 0 spiro atoms. The average Bonchev–Trinajstić information content (AvgIpc) is 3.01. The highest BCUT2D eigenvalue weighted by Crippen LogP contribution is 2.44. The van der Waals surface area contributed by atoms with Gasteiger partial charge in [0, 0.05) is 11.1 Å². The summed E-state index contributed by atoms with van der Waals surface area (Å²) < 4.78 is 5.27. The Morgan fingerprint density at radius 2 is 1.57 bits per heavy atom. The minimum absolute atomic E-state index is 0.00924. The van der Waals surface area contributed by atoms with Gasteiger partial charge in [-0.2, -0.15) is 0 Å². The zero-order chi connectivity index (χ0) is 21.4. The van der Waals surface area contributed by atoms with Crippen LogP contribution < -0.4 is 4.90 Å². The molecule has 4 rings (SSSR count). The molecule has 0 saturated carbocycles. The van der Waals surface area contributed by atoms with Crippen LogP contribution in [0.2, 0.25) is 15.2 Å². The maximum atomic E-state index is 12.9. The zero-order valence-electron chi connectivity index (χ0n) is 15.6. The van der Waals surface area contributed by atoms with Gasteiger partial charge in [0.05, 0.1) is 10.7 Å². The maximum absolute atomic E-state index is 12.9. The van der Waals surface area contributed by atoms with Crippen molar-refractivity contribution in [3.05, 3.63) is 67.9 Å². The van der Waals surface area contributed by atoms with Crippen molar-refractivity contribution in [3.8, 4) is 0 Å². The van der Waals surface area contributed by atoms with Crippen LogP contribution in [0.5, 0.6) is 0 Å². The largest absolute Gasteiger partial charge is 0.456 e. The van der Waals surface area contributed by atoms with Gasteiger partial charge in [0.25, 0.3) is 11.8 Å². The number of esters is 1. The first-order valence-corrected chi connectivity index (χ1v) is 10.4. The number of ether oxygens (including phenoxy) is 1. The lowest BCUT2D eigenvalue weighted by atomic mass is 9.93. The molecule has 0 atom stereocenters. The molecule has 1 aliphatic carbocycles. The fraction of sp³-hybridized carbons (Fsp3) is 0.238. The summed E-state index contributed by atoms with van der Waals surface area (Å²) in [6.07, 6.45) is 2.66. The van der Waals surface area contributed by atoms with Gasteiger partial charge < -0.3 is 4.74 Å². The lowest BCUT2D eigenvalue weighted by Crippen LogP contribution is -2.32. The van der Waals surface area contributed by atoms with Gasteiger partial charge in [0.1, 0.15) is 11.6 Å². The Bertz CT molecular complexity index is 1070. The van der Waals surface area contributed by atoms with Gasteiger partial charge in [-0.3, -0.25) is 9.59 Å². The molecule has 0 bridgehead atoms. The van der Waals surface area contributed by atoms with E-state index in [-0.39, 0.29) is 33.2 Å². The Hall–Kier alpha value is -2.41. The van der Waals surface area contributed by atoms with Crippen LogP contribution in [0, 0.1) is 0 Å². The second-order valence-electron chi connectivity index (χ2n) is 6.90. The van der Waals surface area contributed by atoms with Crippen LogP contribution in [-0.2, 0) is 20.9 Å². The van der Waals surface area contributed by atoms with Gasteiger partial charge >= 0.3 is 5.97 Å². The summed E-state index contributed by atoms with van der Waals surface area (Å²) >= 11 is 18.8. The molecular formula is C21H15Cl3N2O4. The molecular weight excluding hydrogens is 451 g/mol. The Morgan fingerprint density at radius 1 is 0.967 bits per heavy atom. The number of rotatable bonds is 4. The number of halogens is 3. The highest BCUT2D eigenvalue weighted by atomic mass is 35.5. The van der Waals surface area contributed by atoms with Gasteiger partial charge in [-0.05, 0) is 31.2 Å². The summed E-state index contributed by atoms with van der Waals surface area (Å²) in [5, 5.41) is -0.694. The highest BCUT2D eigenvalue weighted by Gasteiger charge is 2.42. The molecule has 0 N–H and O–H groups in total. The van der Waals surface area contributed by atoms with E-state index in [0.717, 1.165) is 23.3 Å². The van der Waals surface area contributed by atoms with E-state index in [1.165, 1.54) is 0 Å². The molecule has 0 radical (unpaired) electrons. The Morgan fingerprint density at radius 3 is 2.17 bits per heavy atom. The zero-order valence-corrected chi connectivity index (χ0v) is 17.9. The van der Waals surface area contributed by atoms with Crippen molar-refractivity contribution in [1.82, 2.24) is 4.98 Å². The molecule has 9 heteroatoms. The predicted octanol–water partition coefficient (Wildman–Crippen LogP) is 5.14. The molecule has 1 aromatic heterocycles. The number of imide groups is 1. The monoisotopic (exact) mass is 464 g/mol. The van der Waals surface area contributed by atoms with Crippen molar-refractivity contribution in [2.24, 2.45) is 0 Å². The molecule has 0 fully saturated rings. The first-order chi connectivity index (χ1) is 14.4. The van der Waals surface area contributed by atoms with E-state index in [9.17, 15) is 14.4 Å². The Labute approximate surface area is 187 Å². The summed E-state index contributed by atoms with van der Waals surface area (Å²) in [4.78, 5) is 43.2. The number of aromatic nitrogens is 1. The molecule has 30 heavy (non-hydrogen) atoms. The number of hydrogen-bond acceptors (Lipinski definition) is 5. The van der Waals surface area contributed by atoms with Crippen LogP contribution >= 0.6 is 34.8 Å². The predicted molar refractivity (Wildman–Crippen MR) is 113 cm³/mol. The molecule has 2 amide bonds. The number of amides is 2. The summed E-state index contributed by atoms with van der Waals surface area (Å²) in [6.45, 7) is -0.00924. The number of nitrogens with zero attached hydrogens (tertiary/aromatic N) is 2. The molecule has 2 aromatic rings. The van der Waals surface area contributed by atoms with Crippen LogP contribution in [0.1, 0.15) is 41.7 Å². The van der Waals surface area contributed by atoms with Gasteiger partial charge in [0.15, 0.2) is 10.8 Å². The first kappa shape index (κ1) is 20.8. The summed E-state index contributed by atoms with van der Waals surface area (Å²) in [5.41, 5.74) is 1.22. The average molecular weight is 466 g/mol. The molecule has 0 unspecified atom stereocenters. The Kier molecular flexibility index (Phi) is 5.82. The number of carbonyl (C=O) groups is 3. The summed E-state index contributed by atoms with van der Waals surface area (Å²) in [6, 6.07) is 9.05. The number of anilines is 1. The van der Waals surface area contributed by atoms with Gasteiger partial charge in [-0.25, -0.2) is 14.7 Å². The molecule has 2 heterocycles. The van der Waals surface area contributed by atoms with E-state index >= 15 is 0 Å². The van der Waals surface area contributed by atoms with Crippen molar-refractivity contribution in [2.75, 3.05) is 4.90 Å². The number of hydrogen-bond donors (Lipinski definition) is 0. The van der Waals surface area contributed by atoms with E-state index in [1.807, 2.05) is 18.2 Å². The van der Waals surface area contributed by atoms with Gasteiger partial charge in [-0.15, -0.1) is 0 Å². The molecule has 1 aromatic carbocycles. The van der Waals surface area contributed by atoms with E-state index in [1.54, 1.807) is 12.1 Å². The second-order valence-corrected chi connectivity index (χ2v) is 8.01. The van der Waals surface area contributed by atoms with Gasteiger partial charge in [-0.1, -0.05) is 65.1 Å². The molecule has 154 valence electrons. The van der Waals surface area contributed by atoms with E-state index in [4.69, 9.17) is 39.5 Å². The third-order valence-corrected chi connectivity index (χ3v) is 6.12. The second kappa shape index (κ2) is 8.38. The van der Waals surface area contributed by atoms with Gasteiger partial charge in [0.2, 0.25) is 0 Å². The van der Waals surface area contributed by atoms with Crippen LogP contribution in [0.15, 0.2) is 41.5 Å². The fourth-order valence-electron chi connectivity index (χ4n) is 3.57. The van der Waals surface area contributed by atoms with Crippen LogP contribution in [0.3, 0.4) is 0 Å². The third kappa shape index (κ3) is 3.60. The van der Waals surface area contributed by atoms with Crippen LogP contribution in [-0.4, -0.2) is 22.8 Å². The number of pyridine rings is 1. The number of carbonyl (C=O) groups excluding carboxylic acids is 3. The van der Waals surface area contributed by atoms with Crippen LogP contribution in [0.4, 0.5) is 5.69 Å². The van der Waals surface area contributed by atoms with Crippen LogP contribution in [0.25, 0.3) is 0 Å². The quantitative estimate of drug-likeness (QED) is 0.355. The summed E-state index contributed by atoms with van der Waals surface area (Å²) in [5.74, 6) is -1.84. The molecule has 1 aliphatic heterocycles. The fourth-order valence-corrected chi connectivity index (χ4v) is 4.31. The minimum atomic E-state index is -0.847. The molecule has 2 aliphatic rings. The molecule has 0 saturated heterocycles. The lowest BCUT2D eigenvalue weighted by Gasteiger charge is -2.20. The molecule has 6 nitrogen and oxygen atoms in total. The van der Waals surface area contributed by atoms with E-state index in [0.29, 0.717) is 24.0 Å². The standard InChI is InChI=1S/C21H15Cl3N2O4/c22-14-16(21(29)30-10-11-6-2-1-3-7-11)25-18(24)15(23)17(14)26-19(27)12-8-4-5-9-13(12)20(26)28/h1-3,6-7H,4-5,8-10H2. The SMILES string of the molecule is O=C(OCc1ccccc1)c1nc(Cl)c(Cl)c(N2C(=O)C3=C(CCCC3)C2=O)c1Cl. The smallest absolute Gasteiger partial charge is 0.358 e. The van der Waals surface area contributed by atoms with E-state index < -0.39 is 17.8 Å². The van der Waals surface area contributed by atoms with E-state index in [2.05, 4.69) is 4.98 Å². The third-order valence-electron chi connectivity index (χ3n) is 5.03. The van der Waals surface area contributed by atoms with Crippen molar-refractivity contribution in [3.63, 3.8) is 0 Å². The van der Waals surface area contributed by atoms with Crippen molar-refractivity contribution >= 4 is 58.3 Å². The van der Waals surface area contributed by atoms with Crippen molar-refractivity contribution < 1.29 is 19.1 Å². The number of benzene rings is 1. The topological polar surface area (TPSA) is 76.6 Å². The highest BCUT2D eigenvalue weighted by molar-refractivity contribution is 6.49. The first-order valence-electron chi connectivity index (χ1n) is 9.26.